The van der Waals surface area contributed by atoms with Crippen molar-refractivity contribution in [1.29, 1.82) is 0 Å². The maximum atomic E-state index is 11.9. The molecule has 0 bridgehead atoms. The van der Waals surface area contributed by atoms with Gasteiger partial charge in [-0.2, -0.15) is 5.10 Å². The average molecular weight is 208 g/mol. The minimum atomic E-state index is -0.169. The average Bonchev–Trinajstić information content (AvgIpc) is 2.59. The maximum Gasteiger partial charge on any atom is 0.257 e. The maximum absolute atomic E-state index is 11.9. The van der Waals surface area contributed by atoms with Crippen molar-refractivity contribution in [3.05, 3.63) is 18.0 Å². The summed E-state index contributed by atoms with van der Waals surface area (Å²) in [5.74, 6) is 0.0256. The van der Waals surface area contributed by atoms with E-state index in [1.54, 1.807) is 29.0 Å². The minimum Gasteiger partial charge on any atom is -0.335 e. The topological polar surface area (TPSA) is 64.2 Å². The van der Waals surface area contributed by atoms with Gasteiger partial charge in [-0.15, -0.1) is 0 Å². The van der Waals surface area contributed by atoms with Crippen molar-refractivity contribution in [3.8, 4) is 0 Å². The first-order valence-corrected chi connectivity index (χ1v) is 5.11. The van der Waals surface area contributed by atoms with Crippen LogP contribution in [0.5, 0.6) is 0 Å². The molecule has 1 amide bonds. The molecule has 0 saturated carbocycles. The van der Waals surface area contributed by atoms with Crippen LogP contribution in [0.2, 0.25) is 0 Å². The monoisotopic (exact) mass is 208 g/mol. The molecular formula is C10H16N4O. The van der Waals surface area contributed by atoms with Crippen molar-refractivity contribution in [3.63, 3.8) is 0 Å². The van der Waals surface area contributed by atoms with Gasteiger partial charge in [0.15, 0.2) is 0 Å². The van der Waals surface area contributed by atoms with E-state index in [1.807, 2.05) is 6.92 Å². The van der Waals surface area contributed by atoms with E-state index in [0.717, 1.165) is 6.42 Å². The van der Waals surface area contributed by atoms with Gasteiger partial charge in [0.2, 0.25) is 0 Å². The van der Waals surface area contributed by atoms with Gasteiger partial charge in [-0.25, -0.2) is 0 Å². The van der Waals surface area contributed by atoms with E-state index < -0.39 is 0 Å². The number of carbonyl (C=O) groups is 1. The quantitative estimate of drug-likeness (QED) is 0.743. The molecule has 1 aliphatic heterocycles. The number of aryl methyl sites for hydroxylation is 1. The number of carbonyl (C=O) groups excluding carboxylic acids is 1. The van der Waals surface area contributed by atoms with Gasteiger partial charge < -0.3 is 10.6 Å². The number of rotatable bonds is 2. The number of nitrogens with zero attached hydrogens (tertiary/aromatic N) is 3. The molecule has 0 atom stereocenters. The SMILES string of the molecule is CCC1(N)CN(C(=O)c2cnn(C)c2)C1. The zero-order chi connectivity index (χ0) is 11.1. The Kier molecular flexibility index (Phi) is 2.26. The van der Waals surface area contributed by atoms with Crippen LogP contribution >= 0.6 is 0 Å². The van der Waals surface area contributed by atoms with Crippen molar-refractivity contribution in [2.45, 2.75) is 18.9 Å². The van der Waals surface area contributed by atoms with Crippen molar-refractivity contribution < 1.29 is 4.79 Å². The lowest BCUT2D eigenvalue weighted by Crippen LogP contribution is -2.68. The highest BCUT2D eigenvalue weighted by atomic mass is 16.2. The molecule has 2 N–H and O–H groups in total. The van der Waals surface area contributed by atoms with E-state index in [4.69, 9.17) is 5.73 Å². The zero-order valence-corrected chi connectivity index (χ0v) is 9.10. The van der Waals surface area contributed by atoms with Gasteiger partial charge >= 0.3 is 0 Å². The van der Waals surface area contributed by atoms with Gasteiger partial charge in [-0.1, -0.05) is 6.92 Å². The smallest absolute Gasteiger partial charge is 0.257 e. The summed E-state index contributed by atoms with van der Waals surface area (Å²) in [6.07, 6.45) is 4.22. The normalized spacial score (nSPS) is 18.7. The molecule has 82 valence electrons. The molecule has 1 aromatic heterocycles. The Morgan fingerprint density at radius 2 is 2.33 bits per heavy atom. The molecule has 5 nitrogen and oxygen atoms in total. The second-order valence-electron chi connectivity index (χ2n) is 4.28. The number of nitrogens with two attached hydrogens (primary N) is 1. The van der Waals surface area contributed by atoms with Crippen molar-refractivity contribution in [2.75, 3.05) is 13.1 Å². The second-order valence-corrected chi connectivity index (χ2v) is 4.28. The highest BCUT2D eigenvalue weighted by molar-refractivity contribution is 5.94. The van der Waals surface area contributed by atoms with E-state index in [1.165, 1.54) is 0 Å². The number of aromatic nitrogens is 2. The van der Waals surface area contributed by atoms with Crippen LogP contribution in [0.25, 0.3) is 0 Å². The van der Waals surface area contributed by atoms with Crippen LogP contribution in [0.3, 0.4) is 0 Å². The van der Waals surface area contributed by atoms with Crippen molar-refractivity contribution >= 4 is 5.91 Å². The van der Waals surface area contributed by atoms with Crippen LogP contribution in [-0.2, 0) is 7.05 Å². The van der Waals surface area contributed by atoms with Gasteiger partial charge in [-0.3, -0.25) is 9.48 Å². The molecule has 2 heterocycles. The Balaban J connectivity index is 2.00. The fourth-order valence-electron chi connectivity index (χ4n) is 1.80. The van der Waals surface area contributed by atoms with Crippen molar-refractivity contribution in [1.82, 2.24) is 14.7 Å². The van der Waals surface area contributed by atoms with E-state index in [0.29, 0.717) is 18.7 Å². The van der Waals surface area contributed by atoms with Crippen molar-refractivity contribution in [2.24, 2.45) is 12.8 Å². The summed E-state index contributed by atoms with van der Waals surface area (Å²) >= 11 is 0. The Morgan fingerprint density at radius 1 is 1.67 bits per heavy atom. The molecule has 0 radical (unpaired) electrons. The number of hydrogen-bond acceptors (Lipinski definition) is 3. The highest BCUT2D eigenvalue weighted by Crippen LogP contribution is 2.23. The van der Waals surface area contributed by atoms with Gasteiger partial charge in [0, 0.05) is 26.3 Å². The third-order valence-corrected chi connectivity index (χ3v) is 2.95. The summed E-state index contributed by atoms with van der Waals surface area (Å²) in [4.78, 5) is 13.6. The zero-order valence-electron chi connectivity index (χ0n) is 9.10. The third-order valence-electron chi connectivity index (χ3n) is 2.95. The van der Waals surface area contributed by atoms with Crippen LogP contribution in [0.15, 0.2) is 12.4 Å². The molecule has 0 unspecified atom stereocenters. The molecule has 1 saturated heterocycles. The Bertz CT molecular complexity index is 379. The second kappa shape index (κ2) is 3.34. The fraction of sp³-hybridized carbons (Fsp3) is 0.600. The first kappa shape index (κ1) is 10.2. The molecule has 0 aromatic carbocycles. The van der Waals surface area contributed by atoms with Gasteiger partial charge in [0.1, 0.15) is 0 Å². The molecule has 2 rings (SSSR count). The van der Waals surface area contributed by atoms with Crippen LogP contribution < -0.4 is 5.73 Å². The molecule has 0 spiro atoms. The van der Waals surface area contributed by atoms with Crippen LogP contribution in [0.4, 0.5) is 0 Å². The molecule has 1 aromatic rings. The minimum absolute atomic E-state index is 0.0256. The van der Waals surface area contributed by atoms with Gasteiger partial charge in [0.05, 0.1) is 17.3 Å². The molecule has 5 heteroatoms. The van der Waals surface area contributed by atoms with Crippen LogP contribution in [-0.4, -0.2) is 39.2 Å². The summed E-state index contributed by atoms with van der Waals surface area (Å²) in [7, 11) is 1.80. The van der Waals surface area contributed by atoms with E-state index in [-0.39, 0.29) is 11.4 Å². The summed E-state index contributed by atoms with van der Waals surface area (Å²) in [6, 6.07) is 0. The van der Waals surface area contributed by atoms with Gasteiger partial charge in [-0.05, 0) is 6.42 Å². The molecule has 15 heavy (non-hydrogen) atoms. The summed E-state index contributed by atoms with van der Waals surface area (Å²) in [5, 5.41) is 3.97. The predicted octanol–water partition coefficient (Wildman–Crippen LogP) is -0.0166. The molecular weight excluding hydrogens is 192 g/mol. The largest absolute Gasteiger partial charge is 0.335 e. The Labute approximate surface area is 88.8 Å². The third kappa shape index (κ3) is 1.74. The standard InChI is InChI=1S/C10H16N4O/c1-3-10(11)6-14(7-10)9(15)8-4-12-13(2)5-8/h4-5H,3,6-7,11H2,1-2H3. The summed E-state index contributed by atoms with van der Waals surface area (Å²) in [5.41, 5.74) is 6.46. The molecule has 1 aliphatic rings. The van der Waals surface area contributed by atoms with Gasteiger partial charge in [0.25, 0.3) is 5.91 Å². The van der Waals surface area contributed by atoms with E-state index >= 15 is 0 Å². The summed E-state index contributed by atoms with van der Waals surface area (Å²) < 4.78 is 1.63. The predicted molar refractivity (Wildman–Crippen MR) is 56.3 cm³/mol. The highest BCUT2D eigenvalue weighted by Gasteiger charge is 2.40. The van der Waals surface area contributed by atoms with Crippen LogP contribution in [0.1, 0.15) is 23.7 Å². The number of likely N-dealkylation sites (tertiary alicyclic amines) is 1. The Morgan fingerprint density at radius 3 is 2.80 bits per heavy atom. The van der Waals surface area contributed by atoms with Crippen LogP contribution in [0, 0.1) is 0 Å². The lowest BCUT2D eigenvalue weighted by Gasteiger charge is -2.47. The lowest BCUT2D eigenvalue weighted by molar-refractivity contribution is 0.0401. The number of amides is 1. The number of hydrogen-bond donors (Lipinski definition) is 1. The lowest BCUT2D eigenvalue weighted by atomic mass is 9.88. The molecule has 1 fully saturated rings. The van der Waals surface area contributed by atoms with E-state index in [9.17, 15) is 4.79 Å². The molecule has 0 aliphatic carbocycles. The van der Waals surface area contributed by atoms with E-state index in [2.05, 4.69) is 5.10 Å². The fourth-order valence-corrected chi connectivity index (χ4v) is 1.80. The summed E-state index contributed by atoms with van der Waals surface area (Å²) in [6.45, 7) is 3.35. The Hall–Kier alpha value is -1.36. The first-order valence-electron chi connectivity index (χ1n) is 5.11. The first-order chi connectivity index (χ1) is 7.04.